The molecule has 0 bridgehead atoms. The van der Waals surface area contributed by atoms with Crippen molar-refractivity contribution >= 4 is 21.8 Å². The van der Waals surface area contributed by atoms with E-state index in [0.29, 0.717) is 11.3 Å². The third-order valence-electron chi connectivity index (χ3n) is 3.52. The van der Waals surface area contributed by atoms with Gasteiger partial charge in [0, 0.05) is 30.8 Å². The minimum Gasteiger partial charge on any atom is -0.497 e. The van der Waals surface area contributed by atoms with Crippen LogP contribution in [0.15, 0.2) is 34.9 Å². The molecule has 1 aliphatic heterocycles. The predicted molar refractivity (Wildman–Crippen MR) is 80.3 cm³/mol. The number of nitrogens with one attached hydrogen (secondary N) is 1. The Hall–Kier alpha value is -1.59. The van der Waals surface area contributed by atoms with E-state index in [-0.39, 0.29) is 5.91 Å². The summed E-state index contributed by atoms with van der Waals surface area (Å²) in [5.74, 6) is 0.661. The maximum Gasteiger partial charge on any atom is 0.263 e. The first-order chi connectivity index (χ1) is 9.70. The number of ether oxygens (including phenoxy) is 1. The fourth-order valence-electron chi connectivity index (χ4n) is 2.52. The van der Waals surface area contributed by atoms with Crippen molar-refractivity contribution in [1.29, 1.82) is 0 Å². The minimum atomic E-state index is -0.0288. The van der Waals surface area contributed by atoms with Gasteiger partial charge in [0.05, 0.1) is 11.7 Å². The number of methoxy groups -OCH3 is 1. The Morgan fingerprint density at radius 1 is 1.40 bits per heavy atom. The molecule has 1 aromatic carbocycles. The molecule has 0 fully saturated rings. The van der Waals surface area contributed by atoms with Gasteiger partial charge in [-0.05, 0) is 45.8 Å². The van der Waals surface area contributed by atoms with E-state index in [1.165, 1.54) is 5.56 Å². The van der Waals surface area contributed by atoms with Gasteiger partial charge < -0.3 is 10.1 Å². The number of rotatable bonds is 2. The smallest absolute Gasteiger partial charge is 0.263 e. The molecule has 0 saturated carbocycles. The molecule has 2 heterocycles. The lowest BCUT2D eigenvalue weighted by Crippen LogP contribution is -2.26. The van der Waals surface area contributed by atoms with Crippen LogP contribution in [0.1, 0.15) is 21.6 Å². The summed E-state index contributed by atoms with van der Waals surface area (Å²) in [6.07, 6.45) is 0.858. The molecule has 3 rings (SSSR count). The van der Waals surface area contributed by atoms with E-state index in [1.54, 1.807) is 17.7 Å². The molecular formula is C15H15BrN2O2. The van der Waals surface area contributed by atoms with E-state index >= 15 is 0 Å². The summed E-state index contributed by atoms with van der Waals surface area (Å²) in [7, 11) is 1.60. The highest BCUT2D eigenvalue weighted by molar-refractivity contribution is 9.10. The van der Waals surface area contributed by atoms with Gasteiger partial charge in [0.2, 0.25) is 0 Å². The maximum absolute atomic E-state index is 12.7. The molecule has 20 heavy (non-hydrogen) atoms. The van der Waals surface area contributed by atoms with Crippen molar-refractivity contribution in [3.63, 3.8) is 0 Å². The number of nitrogens with zero attached hydrogens (tertiary/aromatic N) is 1. The molecule has 1 N–H and O–H groups in total. The van der Waals surface area contributed by atoms with E-state index in [4.69, 9.17) is 4.74 Å². The van der Waals surface area contributed by atoms with Gasteiger partial charge in [-0.2, -0.15) is 0 Å². The molecule has 0 spiro atoms. The van der Waals surface area contributed by atoms with E-state index in [2.05, 4.69) is 21.2 Å². The van der Waals surface area contributed by atoms with Gasteiger partial charge in [-0.25, -0.2) is 0 Å². The van der Waals surface area contributed by atoms with Crippen molar-refractivity contribution in [2.24, 2.45) is 0 Å². The lowest BCUT2D eigenvalue weighted by molar-refractivity contribution is 0.0954. The Morgan fingerprint density at radius 3 is 3.05 bits per heavy atom. The number of halogens is 1. The van der Waals surface area contributed by atoms with Crippen molar-refractivity contribution in [3.05, 3.63) is 51.8 Å². The van der Waals surface area contributed by atoms with Crippen molar-refractivity contribution in [2.45, 2.75) is 13.0 Å². The van der Waals surface area contributed by atoms with Crippen LogP contribution in [0.5, 0.6) is 5.75 Å². The number of benzene rings is 1. The molecule has 2 aromatic rings. The number of carbonyl (C=O) groups excluding carboxylic acids is 1. The van der Waals surface area contributed by atoms with Gasteiger partial charge >= 0.3 is 0 Å². The Bertz CT molecular complexity index is 664. The van der Waals surface area contributed by atoms with E-state index in [9.17, 15) is 4.79 Å². The fraction of sp³-hybridized carbons (Fsp3) is 0.267. The SMILES string of the molecule is COc1cccc(C(=O)n2c(Br)cc3c2CCNC3)c1. The summed E-state index contributed by atoms with van der Waals surface area (Å²) in [4.78, 5) is 12.7. The largest absolute Gasteiger partial charge is 0.497 e. The minimum absolute atomic E-state index is 0.0288. The molecule has 0 radical (unpaired) electrons. The molecule has 0 unspecified atom stereocenters. The van der Waals surface area contributed by atoms with Crippen molar-refractivity contribution in [2.75, 3.05) is 13.7 Å². The number of hydrogen-bond donors (Lipinski definition) is 1. The molecule has 104 valence electrons. The normalized spacial score (nSPS) is 13.9. The summed E-state index contributed by atoms with van der Waals surface area (Å²) in [5.41, 5.74) is 2.89. The first-order valence-corrected chi connectivity index (χ1v) is 7.28. The number of fused-ring (bicyclic) bond motifs is 1. The standard InChI is InChI=1S/C15H15BrN2O2/c1-20-12-4-2-3-10(7-12)15(19)18-13-5-6-17-9-11(13)8-14(18)16/h2-4,7-8,17H,5-6,9H2,1H3. The molecule has 0 saturated heterocycles. The lowest BCUT2D eigenvalue weighted by atomic mass is 10.1. The average molecular weight is 335 g/mol. The highest BCUT2D eigenvalue weighted by Gasteiger charge is 2.22. The molecule has 1 aromatic heterocycles. The zero-order valence-corrected chi connectivity index (χ0v) is 12.7. The van der Waals surface area contributed by atoms with Gasteiger partial charge in [-0.15, -0.1) is 0 Å². The molecule has 0 atom stereocenters. The summed E-state index contributed by atoms with van der Waals surface area (Å²) in [6, 6.07) is 9.25. The monoisotopic (exact) mass is 334 g/mol. The van der Waals surface area contributed by atoms with Crippen LogP contribution in [0.4, 0.5) is 0 Å². The topological polar surface area (TPSA) is 43.3 Å². The summed E-state index contributed by atoms with van der Waals surface area (Å²) < 4.78 is 7.74. The quantitative estimate of drug-likeness (QED) is 0.917. The van der Waals surface area contributed by atoms with Crippen LogP contribution in [0.25, 0.3) is 0 Å². The van der Waals surface area contributed by atoms with Crippen LogP contribution >= 0.6 is 15.9 Å². The third-order valence-corrected chi connectivity index (χ3v) is 4.10. The first-order valence-electron chi connectivity index (χ1n) is 6.49. The zero-order valence-electron chi connectivity index (χ0n) is 11.1. The van der Waals surface area contributed by atoms with E-state index in [1.807, 2.05) is 24.3 Å². The van der Waals surface area contributed by atoms with Crippen molar-refractivity contribution < 1.29 is 9.53 Å². The number of hydrogen-bond acceptors (Lipinski definition) is 3. The second kappa shape index (κ2) is 5.42. The van der Waals surface area contributed by atoms with Crippen LogP contribution in [0.2, 0.25) is 0 Å². The lowest BCUT2D eigenvalue weighted by Gasteiger charge is -2.16. The highest BCUT2D eigenvalue weighted by atomic mass is 79.9. The van der Waals surface area contributed by atoms with Crippen LogP contribution < -0.4 is 10.1 Å². The molecule has 0 amide bonds. The Labute approximate surface area is 125 Å². The zero-order chi connectivity index (χ0) is 14.1. The number of aromatic nitrogens is 1. The maximum atomic E-state index is 12.7. The van der Waals surface area contributed by atoms with E-state index in [0.717, 1.165) is 29.8 Å². The summed E-state index contributed by atoms with van der Waals surface area (Å²) in [6.45, 7) is 1.71. The van der Waals surface area contributed by atoms with Crippen LogP contribution in [-0.4, -0.2) is 24.1 Å². The van der Waals surface area contributed by atoms with Gasteiger partial charge in [-0.1, -0.05) is 6.07 Å². The molecule has 0 aliphatic carbocycles. The van der Waals surface area contributed by atoms with Gasteiger partial charge in [0.25, 0.3) is 5.91 Å². The Kier molecular flexibility index (Phi) is 3.63. The first kappa shape index (κ1) is 13.4. The van der Waals surface area contributed by atoms with Crippen molar-refractivity contribution in [3.8, 4) is 5.75 Å². The summed E-state index contributed by atoms with van der Waals surface area (Å²) >= 11 is 3.49. The predicted octanol–water partition coefficient (Wildman–Crippen LogP) is 2.59. The Balaban J connectivity index is 2.04. The molecule has 1 aliphatic rings. The van der Waals surface area contributed by atoms with E-state index < -0.39 is 0 Å². The number of carbonyl (C=O) groups is 1. The van der Waals surface area contributed by atoms with Gasteiger partial charge in [0.15, 0.2) is 0 Å². The molecule has 4 nitrogen and oxygen atoms in total. The highest BCUT2D eigenvalue weighted by Crippen LogP contribution is 2.25. The average Bonchev–Trinajstić information content (AvgIpc) is 2.82. The molecule has 5 heteroatoms. The summed E-state index contributed by atoms with van der Waals surface area (Å²) in [5, 5.41) is 3.31. The fourth-order valence-corrected chi connectivity index (χ4v) is 3.18. The van der Waals surface area contributed by atoms with Crippen LogP contribution in [-0.2, 0) is 13.0 Å². The second-order valence-corrected chi connectivity index (χ2v) is 5.55. The molecular weight excluding hydrogens is 320 g/mol. The Morgan fingerprint density at radius 2 is 2.25 bits per heavy atom. The van der Waals surface area contributed by atoms with Crippen LogP contribution in [0.3, 0.4) is 0 Å². The van der Waals surface area contributed by atoms with Crippen LogP contribution in [0, 0.1) is 0 Å². The van der Waals surface area contributed by atoms with Gasteiger partial charge in [0.1, 0.15) is 5.75 Å². The van der Waals surface area contributed by atoms with Gasteiger partial charge in [-0.3, -0.25) is 9.36 Å². The third kappa shape index (κ3) is 2.27. The van der Waals surface area contributed by atoms with Crippen molar-refractivity contribution in [1.82, 2.24) is 9.88 Å². The second-order valence-electron chi connectivity index (χ2n) is 4.74.